The van der Waals surface area contributed by atoms with Crippen LogP contribution in [0.1, 0.15) is 66.9 Å². The molecule has 0 fully saturated rings. The van der Waals surface area contributed by atoms with Crippen LogP contribution in [0.15, 0.2) is 14.9 Å². The first-order valence-corrected chi connectivity index (χ1v) is 12.0. The van der Waals surface area contributed by atoms with Gasteiger partial charge in [0.2, 0.25) is 4.34 Å². The van der Waals surface area contributed by atoms with Crippen LogP contribution in [0.5, 0.6) is 0 Å². The van der Waals surface area contributed by atoms with Crippen molar-refractivity contribution in [1.29, 1.82) is 0 Å². The lowest BCUT2D eigenvalue weighted by molar-refractivity contribution is 0.0823. The van der Waals surface area contributed by atoms with Crippen LogP contribution in [0.2, 0.25) is 0 Å². The van der Waals surface area contributed by atoms with Crippen molar-refractivity contribution in [1.82, 2.24) is 9.97 Å². The van der Waals surface area contributed by atoms with E-state index in [1.54, 1.807) is 13.8 Å². The zero-order valence-corrected chi connectivity index (χ0v) is 18.3. The number of anilines is 1. The Bertz CT molecular complexity index is 1110. The van der Waals surface area contributed by atoms with Gasteiger partial charge >= 0.3 is 6.03 Å². The van der Waals surface area contributed by atoms with Gasteiger partial charge in [0.1, 0.15) is 0 Å². The summed E-state index contributed by atoms with van der Waals surface area (Å²) in [7, 11) is -3.51. The maximum atomic E-state index is 12.9. The molecule has 2 aromatic heterocycles. The molecule has 2 aromatic rings. The Balaban J connectivity index is 1.66. The number of rotatable bonds is 3. The van der Waals surface area contributed by atoms with Crippen molar-refractivity contribution >= 4 is 33.0 Å². The Labute approximate surface area is 174 Å². The van der Waals surface area contributed by atoms with E-state index < -0.39 is 21.5 Å². The fraction of sp³-hybridized carbons (Fsp3) is 0.526. The summed E-state index contributed by atoms with van der Waals surface area (Å²) in [5.41, 5.74) is 3.84. The number of nitrogens with one attached hydrogen (secondary N) is 1. The van der Waals surface area contributed by atoms with Crippen LogP contribution in [0, 0.1) is 0 Å². The van der Waals surface area contributed by atoms with Gasteiger partial charge in [-0.3, -0.25) is 4.98 Å². The van der Waals surface area contributed by atoms with Gasteiger partial charge in [-0.15, -0.1) is 15.7 Å². The number of nitrogens with zero attached hydrogens (tertiary/aromatic N) is 3. The molecule has 2 atom stereocenters. The van der Waals surface area contributed by atoms with Crippen LogP contribution in [0.3, 0.4) is 0 Å². The van der Waals surface area contributed by atoms with Crippen molar-refractivity contribution in [2.24, 2.45) is 9.50 Å². The second-order valence-corrected chi connectivity index (χ2v) is 11.2. The maximum Gasteiger partial charge on any atom is 0.354 e. The van der Waals surface area contributed by atoms with Gasteiger partial charge < -0.3 is 10.4 Å². The van der Waals surface area contributed by atoms with Crippen molar-refractivity contribution < 1.29 is 14.1 Å². The number of aliphatic hydroxyl groups is 1. The lowest BCUT2D eigenvalue weighted by atomic mass is 10.0. The topological polar surface area (TPSA) is 131 Å². The molecule has 8 nitrogen and oxygen atoms in total. The molecular weight excluding hydrogens is 410 g/mol. The normalized spacial score (nSPS) is 20.1. The highest BCUT2D eigenvalue weighted by Crippen LogP contribution is 2.41. The molecule has 29 heavy (non-hydrogen) atoms. The molecule has 0 unspecified atom stereocenters. The summed E-state index contributed by atoms with van der Waals surface area (Å²) in [5, 5.41) is 18.8. The third kappa shape index (κ3) is 3.81. The van der Waals surface area contributed by atoms with Crippen molar-refractivity contribution in [3.05, 3.63) is 33.6 Å². The summed E-state index contributed by atoms with van der Waals surface area (Å²) in [6, 6.07) is -0.750. The van der Waals surface area contributed by atoms with Gasteiger partial charge in [0.15, 0.2) is 9.92 Å². The first kappa shape index (κ1) is 20.4. The molecule has 0 spiro atoms. The number of hydrogen-bond donors (Lipinski definition) is 3. The minimum absolute atomic E-state index is 0.0172. The number of thiazole rings is 1. The van der Waals surface area contributed by atoms with E-state index in [0.29, 0.717) is 10.8 Å². The fourth-order valence-corrected chi connectivity index (χ4v) is 6.00. The fourth-order valence-electron chi connectivity index (χ4n) is 3.92. The van der Waals surface area contributed by atoms with Gasteiger partial charge in [-0.1, -0.05) is 6.92 Å². The third-order valence-corrected chi connectivity index (χ3v) is 8.55. The molecule has 0 bridgehead atoms. The van der Waals surface area contributed by atoms with Gasteiger partial charge in [-0.25, -0.2) is 19.1 Å². The largest absolute Gasteiger partial charge is 0.385 e. The zero-order chi connectivity index (χ0) is 21.0. The summed E-state index contributed by atoms with van der Waals surface area (Å²) in [5.74, 6) is 0.359. The quantitative estimate of drug-likeness (QED) is 0.681. The molecule has 10 heteroatoms. The number of pyridine rings is 1. The molecule has 0 aromatic carbocycles. The van der Waals surface area contributed by atoms with E-state index in [-0.39, 0.29) is 4.34 Å². The second kappa shape index (κ2) is 7.12. The monoisotopic (exact) mass is 435 g/mol. The van der Waals surface area contributed by atoms with Crippen LogP contribution in [0.4, 0.5) is 10.5 Å². The number of aromatic nitrogens is 2. The predicted octanol–water partition coefficient (Wildman–Crippen LogP) is 3.24. The Hall–Kier alpha value is -1.88. The summed E-state index contributed by atoms with van der Waals surface area (Å²) in [6.45, 7) is 5.33. The molecule has 2 amide bonds. The molecule has 4 N–H and O–H groups in total. The molecule has 2 aliphatic rings. The number of hydrogen-bond acceptors (Lipinski definition) is 6. The Morgan fingerprint density at radius 3 is 2.83 bits per heavy atom. The van der Waals surface area contributed by atoms with Crippen LogP contribution in [-0.2, 0) is 34.8 Å². The minimum atomic E-state index is -3.51. The van der Waals surface area contributed by atoms with E-state index in [2.05, 4.69) is 21.6 Å². The van der Waals surface area contributed by atoms with Crippen LogP contribution in [0.25, 0.3) is 0 Å². The van der Waals surface area contributed by atoms with Crippen molar-refractivity contribution in [3.8, 4) is 0 Å². The predicted molar refractivity (Wildman–Crippen MR) is 112 cm³/mol. The molecule has 156 valence electrons. The average Bonchev–Trinajstić information content (AvgIpc) is 3.33. The molecule has 2 heterocycles. The number of nitrogens with two attached hydrogens (primary N) is 1. The highest BCUT2D eigenvalue weighted by Gasteiger charge is 2.30. The number of urea groups is 1. The Morgan fingerprint density at radius 2 is 2.14 bits per heavy atom. The zero-order valence-electron chi connectivity index (χ0n) is 16.7. The van der Waals surface area contributed by atoms with Crippen molar-refractivity contribution in [2.75, 3.05) is 5.32 Å². The Kier molecular flexibility index (Phi) is 5.01. The van der Waals surface area contributed by atoms with E-state index in [1.807, 2.05) is 0 Å². The minimum Gasteiger partial charge on any atom is -0.385 e. The number of amides is 2. The first-order chi connectivity index (χ1) is 13.6. The molecule has 4 rings (SSSR count). The number of fused-ring (bicyclic) bond motifs is 2. The lowest BCUT2D eigenvalue weighted by Gasteiger charge is -2.15. The van der Waals surface area contributed by atoms with Gasteiger partial charge in [-0.05, 0) is 63.0 Å². The summed E-state index contributed by atoms with van der Waals surface area (Å²) in [4.78, 5) is 22.0. The maximum absolute atomic E-state index is 12.9. The van der Waals surface area contributed by atoms with E-state index in [1.165, 1.54) is 6.20 Å². The van der Waals surface area contributed by atoms with E-state index in [0.717, 1.165) is 71.6 Å². The van der Waals surface area contributed by atoms with Gasteiger partial charge in [0, 0.05) is 17.6 Å². The SMILES string of the molecule is C[C@@H]1CCc2c1nc1c(c2NC(=O)N=[S@](N)(=O)c2ncc(C(C)(C)O)s2)CCC1. The van der Waals surface area contributed by atoms with Crippen molar-refractivity contribution in [2.45, 2.75) is 68.7 Å². The second-order valence-electron chi connectivity index (χ2n) is 8.21. The molecule has 0 aliphatic heterocycles. The first-order valence-electron chi connectivity index (χ1n) is 9.65. The van der Waals surface area contributed by atoms with E-state index in [9.17, 15) is 14.1 Å². The van der Waals surface area contributed by atoms with Crippen LogP contribution < -0.4 is 10.5 Å². The van der Waals surface area contributed by atoms with E-state index >= 15 is 0 Å². The number of aryl methyl sites for hydroxylation is 1. The van der Waals surface area contributed by atoms with Gasteiger partial charge in [-0.2, -0.15) is 0 Å². The van der Waals surface area contributed by atoms with E-state index in [4.69, 9.17) is 10.1 Å². The smallest absolute Gasteiger partial charge is 0.354 e. The molecule has 0 saturated heterocycles. The molecule has 0 saturated carbocycles. The van der Waals surface area contributed by atoms with Crippen molar-refractivity contribution in [3.63, 3.8) is 0 Å². The average molecular weight is 436 g/mol. The summed E-state index contributed by atoms with van der Waals surface area (Å²) >= 11 is 0.990. The summed E-state index contributed by atoms with van der Waals surface area (Å²) < 4.78 is 16.6. The third-order valence-electron chi connectivity index (χ3n) is 5.44. The lowest BCUT2D eigenvalue weighted by Crippen LogP contribution is -2.19. The molecular formula is C19H25N5O3S2. The number of carbonyl (C=O) groups is 1. The van der Waals surface area contributed by atoms with Gasteiger partial charge in [0.05, 0.1) is 16.2 Å². The highest BCUT2D eigenvalue weighted by atomic mass is 32.2. The van der Waals surface area contributed by atoms with Crippen LogP contribution >= 0.6 is 11.3 Å². The highest BCUT2D eigenvalue weighted by molar-refractivity contribution is 7.93. The summed E-state index contributed by atoms with van der Waals surface area (Å²) in [6.07, 6.45) is 6.03. The number of carbonyl (C=O) groups excluding carboxylic acids is 1. The Morgan fingerprint density at radius 1 is 1.38 bits per heavy atom. The van der Waals surface area contributed by atoms with Gasteiger partial charge in [0.25, 0.3) is 0 Å². The molecule has 0 radical (unpaired) electrons. The standard InChI is InChI=1S/C19H25N5O3S2/c1-10-7-8-12-15(10)22-13-6-4-5-11(13)16(12)23-17(25)24-29(20,27)18-21-9-14(28-18)19(2,3)26/h9-10,26H,4-8H2,1-3H3,(H3,20,22,23,24,25,27)/t10-,29+/m1/s1. The molecule has 2 aliphatic carbocycles. The van der Waals surface area contributed by atoms with Crippen LogP contribution in [-0.4, -0.2) is 25.3 Å².